The quantitative estimate of drug-likeness (QED) is 0.749. The van der Waals surface area contributed by atoms with Crippen LogP contribution in [0.25, 0.3) is 0 Å². The molecule has 1 amide bonds. The van der Waals surface area contributed by atoms with Gasteiger partial charge in [-0.05, 0) is 48.7 Å². The van der Waals surface area contributed by atoms with Gasteiger partial charge in [-0.3, -0.25) is 4.79 Å². The van der Waals surface area contributed by atoms with Crippen LogP contribution in [-0.4, -0.2) is 31.7 Å². The number of benzene rings is 2. The van der Waals surface area contributed by atoms with Gasteiger partial charge in [-0.2, -0.15) is 4.31 Å². The van der Waals surface area contributed by atoms with Crippen molar-refractivity contribution in [3.05, 3.63) is 64.1 Å². The third kappa shape index (κ3) is 5.18. The first-order chi connectivity index (χ1) is 13.0. The van der Waals surface area contributed by atoms with E-state index in [1.807, 2.05) is 24.3 Å². The zero-order chi connectivity index (χ0) is 19.3. The Balaban J connectivity index is 1.73. The van der Waals surface area contributed by atoms with Gasteiger partial charge in [0.05, 0.1) is 4.90 Å². The molecule has 5 nitrogen and oxygen atoms in total. The zero-order valence-corrected chi connectivity index (χ0v) is 17.4. The molecule has 0 saturated carbocycles. The molecule has 144 valence electrons. The van der Waals surface area contributed by atoms with Crippen molar-refractivity contribution >= 4 is 31.9 Å². The largest absolute Gasteiger partial charge is 0.348 e. The van der Waals surface area contributed by atoms with Crippen molar-refractivity contribution in [3.63, 3.8) is 0 Å². The maximum atomic E-state index is 12.9. The highest BCUT2D eigenvalue weighted by Gasteiger charge is 2.25. The summed E-state index contributed by atoms with van der Waals surface area (Å²) in [5, 5.41) is 2.84. The highest BCUT2D eigenvalue weighted by molar-refractivity contribution is 9.10. The molecule has 2 aromatic carbocycles. The highest BCUT2D eigenvalue weighted by atomic mass is 79.9. The molecule has 0 aromatic heterocycles. The molecule has 0 radical (unpaired) electrons. The lowest BCUT2D eigenvalue weighted by Crippen LogP contribution is -2.32. The minimum Gasteiger partial charge on any atom is -0.348 e. The van der Waals surface area contributed by atoms with Crippen molar-refractivity contribution in [2.24, 2.45) is 0 Å². The van der Waals surface area contributed by atoms with Crippen LogP contribution >= 0.6 is 15.9 Å². The molecule has 0 bridgehead atoms. The predicted octanol–water partition coefficient (Wildman–Crippen LogP) is 3.94. The van der Waals surface area contributed by atoms with E-state index in [-0.39, 0.29) is 10.8 Å². The van der Waals surface area contributed by atoms with E-state index < -0.39 is 10.0 Å². The van der Waals surface area contributed by atoms with Gasteiger partial charge >= 0.3 is 0 Å². The van der Waals surface area contributed by atoms with Crippen LogP contribution in [0.5, 0.6) is 0 Å². The Hall–Kier alpha value is -1.70. The smallest absolute Gasteiger partial charge is 0.251 e. The van der Waals surface area contributed by atoms with E-state index in [9.17, 15) is 13.2 Å². The summed E-state index contributed by atoms with van der Waals surface area (Å²) in [5.41, 5.74) is 1.31. The lowest BCUT2D eigenvalue weighted by atomic mass is 10.2. The second-order valence-corrected chi connectivity index (χ2v) is 9.51. The van der Waals surface area contributed by atoms with Crippen LogP contribution in [0, 0.1) is 0 Å². The Labute approximate surface area is 169 Å². The normalized spacial score (nSPS) is 15.9. The van der Waals surface area contributed by atoms with Gasteiger partial charge in [0.15, 0.2) is 0 Å². The molecule has 1 aliphatic rings. The fourth-order valence-corrected chi connectivity index (χ4v) is 5.17. The monoisotopic (exact) mass is 450 g/mol. The predicted molar refractivity (Wildman–Crippen MR) is 109 cm³/mol. The van der Waals surface area contributed by atoms with E-state index in [1.54, 1.807) is 22.5 Å². The zero-order valence-electron chi connectivity index (χ0n) is 15.0. The molecule has 7 heteroatoms. The standard InChI is InChI=1S/C20H23BrN2O3S/c21-18-9-5-7-16(13-18)15-22-20(24)17-8-6-10-19(14-17)27(25,26)23-11-3-1-2-4-12-23/h5-10,13-14H,1-4,11-12,15H2,(H,22,24). The van der Waals surface area contributed by atoms with Gasteiger partial charge in [0.1, 0.15) is 0 Å². The van der Waals surface area contributed by atoms with E-state index in [1.165, 1.54) is 6.07 Å². The topological polar surface area (TPSA) is 66.5 Å². The van der Waals surface area contributed by atoms with Crippen LogP contribution in [0.2, 0.25) is 0 Å². The van der Waals surface area contributed by atoms with Gasteiger partial charge < -0.3 is 5.32 Å². The SMILES string of the molecule is O=C(NCc1cccc(Br)c1)c1cccc(S(=O)(=O)N2CCCCCC2)c1. The Morgan fingerprint density at radius 3 is 2.41 bits per heavy atom. The van der Waals surface area contributed by atoms with Crippen molar-refractivity contribution in [1.29, 1.82) is 0 Å². The molecule has 1 aliphatic heterocycles. The number of amides is 1. The fourth-order valence-electron chi connectivity index (χ4n) is 3.16. The lowest BCUT2D eigenvalue weighted by molar-refractivity contribution is 0.0950. The highest BCUT2D eigenvalue weighted by Crippen LogP contribution is 2.21. The fraction of sp³-hybridized carbons (Fsp3) is 0.350. The average Bonchev–Trinajstić information content (AvgIpc) is 2.96. The number of nitrogens with zero attached hydrogens (tertiary/aromatic N) is 1. The van der Waals surface area contributed by atoms with Crippen LogP contribution in [0.1, 0.15) is 41.6 Å². The number of nitrogens with one attached hydrogen (secondary N) is 1. The minimum atomic E-state index is -3.57. The van der Waals surface area contributed by atoms with Crippen LogP contribution in [0.15, 0.2) is 57.9 Å². The molecule has 1 fully saturated rings. The summed E-state index contributed by atoms with van der Waals surface area (Å²) in [5.74, 6) is -0.289. The van der Waals surface area contributed by atoms with Gasteiger partial charge in [0.2, 0.25) is 10.0 Å². The van der Waals surface area contributed by atoms with Gasteiger partial charge in [-0.25, -0.2) is 8.42 Å². The van der Waals surface area contributed by atoms with Crippen LogP contribution in [-0.2, 0) is 16.6 Å². The Morgan fingerprint density at radius 1 is 1.00 bits per heavy atom. The van der Waals surface area contributed by atoms with E-state index in [2.05, 4.69) is 21.2 Å². The van der Waals surface area contributed by atoms with Gasteiger partial charge in [0, 0.05) is 29.7 Å². The van der Waals surface area contributed by atoms with Crippen molar-refractivity contribution in [1.82, 2.24) is 9.62 Å². The summed E-state index contributed by atoms with van der Waals surface area (Å²) >= 11 is 3.40. The summed E-state index contributed by atoms with van der Waals surface area (Å²) in [7, 11) is -3.57. The van der Waals surface area contributed by atoms with E-state index in [0.29, 0.717) is 25.2 Å². The number of rotatable bonds is 5. The van der Waals surface area contributed by atoms with Gasteiger partial charge in [0.25, 0.3) is 5.91 Å². The third-order valence-corrected chi connectivity index (χ3v) is 7.03. The van der Waals surface area contributed by atoms with E-state index in [0.717, 1.165) is 35.7 Å². The summed E-state index contributed by atoms with van der Waals surface area (Å²) in [6.45, 7) is 1.46. The van der Waals surface area contributed by atoms with Gasteiger partial charge in [-0.15, -0.1) is 0 Å². The molecular weight excluding hydrogens is 428 g/mol. The molecular formula is C20H23BrN2O3S. The molecule has 0 atom stereocenters. The van der Waals surface area contributed by atoms with Crippen molar-refractivity contribution in [2.75, 3.05) is 13.1 Å². The Morgan fingerprint density at radius 2 is 1.70 bits per heavy atom. The van der Waals surface area contributed by atoms with E-state index >= 15 is 0 Å². The van der Waals surface area contributed by atoms with Crippen LogP contribution in [0.4, 0.5) is 0 Å². The molecule has 0 spiro atoms. The first-order valence-corrected chi connectivity index (χ1v) is 11.3. The number of carbonyl (C=O) groups is 1. The maximum Gasteiger partial charge on any atom is 0.251 e. The van der Waals surface area contributed by atoms with Crippen LogP contribution < -0.4 is 5.32 Å². The first-order valence-electron chi connectivity index (χ1n) is 9.10. The Kier molecular flexibility index (Phi) is 6.68. The molecule has 1 N–H and O–H groups in total. The molecule has 3 rings (SSSR count). The van der Waals surface area contributed by atoms with E-state index in [4.69, 9.17) is 0 Å². The molecule has 2 aromatic rings. The molecule has 0 aliphatic carbocycles. The number of sulfonamides is 1. The lowest BCUT2D eigenvalue weighted by Gasteiger charge is -2.20. The molecule has 27 heavy (non-hydrogen) atoms. The molecule has 1 heterocycles. The second kappa shape index (κ2) is 8.99. The van der Waals surface area contributed by atoms with Gasteiger partial charge in [-0.1, -0.05) is 47.0 Å². The number of hydrogen-bond donors (Lipinski definition) is 1. The van der Waals surface area contributed by atoms with Crippen LogP contribution in [0.3, 0.4) is 0 Å². The minimum absolute atomic E-state index is 0.180. The maximum absolute atomic E-state index is 12.9. The molecule has 0 unspecified atom stereocenters. The first kappa shape index (κ1) is 20.0. The third-order valence-electron chi connectivity index (χ3n) is 4.64. The Bertz CT molecular complexity index is 907. The average molecular weight is 451 g/mol. The van der Waals surface area contributed by atoms with Crippen molar-refractivity contribution in [3.8, 4) is 0 Å². The van der Waals surface area contributed by atoms with Crippen molar-refractivity contribution in [2.45, 2.75) is 37.1 Å². The second-order valence-electron chi connectivity index (χ2n) is 6.66. The number of hydrogen-bond acceptors (Lipinski definition) is 3. The molecule has 1 saturated heterocycles. The summed E-state index contributed by atoms with van der Waals surface area (Å²) < 4.78 is 28.3. The summed E-state index contributed by atoms with van der Waals surface area (Å²) in [4.78, 5) is 12.7. The number of halogens is 1. The summed E-state index contributed by atoms with van der Waals surface area (Å²) in [6, 6.07) is 14.0. The summed E-state index contributed by atoms with van der Waals surface area (Å²) in [6.07, 6.45) is 3.88. The number of carbonyl (C=O) groups excluding carboxylic acids is 1. The van der Waals surface area contributed by atoms with Crippen molar-refractivity contribution < 1.29 is 13.2 Å².